The lowest BCUT2D eigenvalue weighted by Crippen LogP contribution is -2.35. The van der Waals surface area contributed by atoms with Gasteiger partial charge in [0.25, 0.3) is 5.91 Å². The fraction of sp³-hybridized carbons (Fsp3) is 0.222. The van der Waals surface area contributed by atoms with Crippen molar-refractivity contribution in [3.8, 4) is 5.75 Å². The van der Waals surface area contributed by atoms with E-state index in [1.54, 1.807) is 31.4 Å². The molecule has 0 radical (unpaired) electrons. The molecule has 0 saturated carbocycles. The van der Waals surface area contributed by atoms with Crippen molar-refractivity contribution < 1.29 is 19.1 Å². The average Bonchev–Trinajstić information content (AvgIpc) is 2.60. The molecular weight excluding hydrogens is 330 g/mol. The summed E-state index contributed by atoms with van der Waals surface area (Å²) < 4.78 is 10.2. The summed E-state index contributed by atoms with van der Waals surface area (Å²) in [7, 11) is 1.59. The van der Waals surface area contributed by atoms with Crippen LogP contribution in [0.4, 0.5) is 0 Å². The smallest absolute Gasteiger partial charge is 0.340 e. The van der Waals surface area contributed by atoms with Crippen LogP contribution in [0.1, 0.15) is 22.8 Å². The Morgan fingerprint density at radius 2 is 1.79 bits per heavy atom. The van der Waals surface area contributed by atoms with Crippen LogP contribution in [-0.4, -0.2) is 25.1 Å². The van der Waals surface area contributed by atoms with Crippen molar-refractivity contribution in [2.75, 3.05) is 7.11 Å². The van der Waals surface area contributed by atoms with Gasteiger partial charge in [-0.15, -0.1) is 0 Å². The highest BCUT2D eigenvalue weighted by Gasteiger charge is 2.20. The Hall–Kier alpha value is -2.53. The minimum absolute atomic E-state index is 0.231. The van der Waals surface area contributed by atoms with Crippen molar-refractivity contribution in [1.29, 1.82) is 0 Å². The van der Waals surface area contributed by atoms with Gasteiger partial charge in [-0.05, 0) is 36.8 Å². The third-order valence-corrected chi connectivity index (χ3v) is 3.70. The van der Waals surface area contributed by atoms with Crippen LogP contribution in [0.3, 0.4) is 0 Å². The van der Waals surface area contributed by atoms with E-state index in [9.17, 15) is 9.59 Å². The molecule has 0 aliphatic rings. The van der Waals surface area contributed by atoms with Gasteiger partial charge in [0.05, 0.1) is 17.7 Å². The van der Waals surface area contributed by atoms with Gasteiger partial charge in [-0.25, -0.2) is 4.79 Å². The molecule has 0 aliphatic heterocycles. The Balaban J connectivity index is 1.87. The first-order chi connectivity index (χ1) is 11.5. The highest BCUT2D eigenvalue weighted by molar-refractivity contribution is 6.33. The van der Waals surface area contributed by atoms with Crippen LogP contribution in [0, 0.1) is 0 Å². The van der Waals surface area contributed by atoms with Gasteiger partial charge in [0.15, 0.2) is 6.10 Å². The van der Waals surface area contributed by atoms with Crippen molar-refractivity contribution in [2.45, 2.75) is 19.6 Å². The van der Waals surface area contributed by atoms with E-state index in [4.69, 9.17) is 21.1 Å². The second kappa shape index (κ2) is 8.36. The number of nitrogens with one attached hydrogen (secondary N) is 1. The zero-order chi connectivity index (χ0) is 17.5. The Morgan fingerprint density at radius 3 is 2.42 bits per heavy atom. The number of ether oxygens (including phenoxy) is 2. The maximum Gasteiger partial charge on any atom is 0.340 e. The molecule has 0 spiro atoms. The Bertz CT molecular complexity index is 715. The fourth-order valence-corrected chi connectivity index (χ4v) is 2.19. The highest BCUT2D eigenvalue weighted by atomic mass is 35.5. The number of hydrogen-bond acceptors (Lipinski definition) is 4. The number of carbonyl (C=O) groups is 2. The van der Waals surface area contributed by atoms with Crippen LogP contribution in [0.15, 0.2) is 48.5 Å². The van der Waals surface area contributed by atoms with Crippen LogP contribution >= 0.6 is 11.6 Å². The van der Waals surface area contributed by atoms with E-state index in [0.29, 0.717) is 6.54 Å². The van der Waals surface area contributed by atoms with E-state index in [2.05, 4.69) is 5.32 Å². The van der Waals surface area contributed by atoms with Gasteiger partial charge >= 0.3 is 5.97 Å². The van der Waals surface area contributed by atoms with Crippen LogP contribution in [0.2, 0.25) is 5.02 Å². The summed E-state index contributed by atoms with van der Waals surface area (Å²) in [6.07, 6.45) is -0.924. The van der Waals surface area contributed by atoms with Crippen molar-refractivity contribution in [2.24, 2.45) is 0 Å². The molecule has 126 valence electrons. The highest BCUT2D eigenvalue weighted by Crippen LogP contribution is 2.16. The number of halogens is 1. The number of methoxy groups -OCH3 is 1. The second-order valence-corrected chi connectivity index (χ2v) is 5.50. The molecule has 2 aromatic rings. The van der Waals surface area contributed by atoms with Crippen molar-refractivity contribution >= 4 is 23.5 Å². The number of benzene rings is 2. The summed E-state index contributed by atoms with van der Waals surface area (Å²) in [5.74, 6) is -0.272. The zero-order valence-electron chi connectivity index (χ0n) is 13.4. The number of hydrogen-bond donors (Lipinski definition) is 1. The molecular formula is C18H18ClNO4. The summed E-state index contributed by atoms with van der Waals surface area (Å²) in [5.41, 5.74) is 1.14. The Kier molecular flexibility index (Phi) is 6.21. The van der Waals surface area contributed by atoms with E-state index in [1.165, 1.54) is 6.92 Å². The molecule has 0 heterocycles. The van der Waals surface area contributed by atoms with Gasteiger partial charge in [0.1, 0.15) is 5.75 Å². The molecule has 2 rings (SSSR count). The zero-order valence-corrected chi connectivity index (χ0v) is 14.2. The van der Waals surface area contributed by atoms with E-state index in [-0.39, 0.29) is 16.5 Å². The molecule has 24 heavy (non-hydrogen) atoms. The van der Waals surface area contributed by atoms with Crippen molar-refractivity contribution in [1.82, 2.24) is 5.32 Å². The van der Waals surface area contributed by atoms with Crippen LogP contribution in [-0.2, 0) is 16.1 Å². The predicted molar refractivity (Wildman–Crippen MR) is 91.2 cm³/mol. The lowest BCUT2D eigenvalue weighted by molar-refractivity contribution is -0.129. The van der Waals surface area contributed by atoms with Crippen molar-refractivity contribution in [3.63, 3.8) is 0 Å². The Labute approximate surface area is 145 Å². The van der Waals surface area contributed by atoms with Gasteiger partial charge < -0.3 is 14.8 Å². The van der Waals surface area contributed by atoms with Gasteiger partial charge in [-0.2, -0.15) is 0 Å². The predicted octanol–water partition coefficient (Wildman–Crippen LogP) is 3.21. The standard InChI is InChI=1S/C18H18ClNO4/c1-12(24-18(22)15-5-3-4-6-16(15)19)17(21)20-11-13-7-9-14(23-2)10-8-13/h3-10,12H,11H2,1-2H3,(H,20,21)/t12-/m1/s1. The summed E-state index contributed by atoms with van der Waals surface area (Å²) in [6, 6.07) is 13.8. The number of carbonyl (C=O) groups excluding carboxylic acids is 2. The van der Waals surface area contributed by atoms with Crippen molar-refractivity contribution in [3.05, 3.63) is 64.7 Å². The lowest BCUT2D eigenvalue weighted by atomic mass is 10.2. The molecule has 1 amide bonds. The average molecular weight is 348 g/mol. The molecule has 1 N–H and O–H groups in total. The monoisotopic (exact) mass is 347 g/mol. The topological polar surface area (TPSA) is 64.6 Å². The minimum Gasteiger partial charge on any atom is -0.497 e. The van der Waals surface area contributed by atoms with Crippen LogP contribution in [0.5, 0.6) is 5.75 Å². The molecule has 0 aromatic heterocycles. The molecule has 6 heteroatoms. The third-order valence-electron chi connectivity index (χ3n) is 3.37. The third kappa shape index (κ3) is 4.73. The summed E-state index contributed by atoms with van der Waals surface area (Å²) in [6.45, 7) is 1.84. The van der Waals surface area contributed by atoms with E-state index >= 15 is 0 Å². The molecule has 0 bridgehead atoms. The minimum atomic E-state index is -0.924. The quantitative estimate of drug-likeness (QED) is 0.815. The van der Waals surface area contributed by atoms with E-state index in [0.717, 1.165) is 11.3 Å². The maximum absolute atomic E-state index is 12.0. The number of esters is 1. The summed E-state index contributed by atoms with van der Waals surface area (Å²) in [5, 5.41) is 3.00. The largest absolute Gasteiger partial charge is 0.497 e. The van der Waals surface area contributed by atoms with E-state index < -0.39 is 12.1 Å². The molecule has 0 unspecified atom stereocenters. The SMILES string of the molecule is COc1ccc(CNC(=O)[C@@H](C)OC(=O)c2ccccc2Cl)cc1. The number of amides is 1. The van der Waals surface area contributed by atoms with Gasteiger partial charge in [-0.3, -0.25) is 4.79 Å². The maximum atomic E-state index is 12.0. The normalized spacial score (nSPS) is 11.5. The molecule has 0 aliphatic carbocycles. The Morgan fingerprint density at radius 1 is 1.12 bits per heavy atom. The molecule has 0 saturated heterocycles. The first-order valence-corrected chi connectivity index (χ1v) is 7.75. The van der Waals surface area contributed by atoms with Crippen LogP contribution in [0.25, 0.3) is 0 Å². The van der Waals surface area contributed by atoms with Gasteiger partial charge in [0, 0.05) is 6.54 Å². The lowest BCUT2D eigenvalue weighted by Gasteiger charge is -2.14. The fourth-order valence-electron chi connectivity index (χ4n) is 1.98. The summed E-state index contributed by atoms with van der Waals surface area (Å²) in [4.78, 5) is 24.1. The van der Waals surface area contributed by atoms with Gasteiger partial charge in [-0.1, -0.05) is 35.9 Å². The molecule has 0 fully saturated rings. The van der Waals surface area contributed by atoms with E-state index in [1.807, 2.05) is 24.3 Å². The van der Waals surface area contributed by atoms with Gasteiger partial charge in [0.2, 0.25) is 0 Å². The first kappa shape index (κ1) is 17.8. The molecule has 1 atom stereocenters. The number of rotatable bonds is 6. The molecule has 5 nitrogen and oxygen atoms in total. The molecule has 2 aromatic carbocycles. The van der Waals surface area contributed by atoms with Crippen LogP contribution < -0.4 is 10.1 Å². The summed E-state index contributed by atoms with van der Waals surface area (Å²) >= 11 is 5.94. The second-order valence-electron chi connectivity index (χ2n) is 5.09. The first-order valence-electron chi connectivity index (χ1n) is 7.37.